The van der Waals surface area contributed by atoms with Crippen molar-refractivity contribution in [3.05, 3.63) is 18.2 Å². The molecule has 1 amide bonds. The van der Waals surface area contributed by atoms with Gasteiger partial charge in [0.05, 0.1) is 0 Å². The summed E-state index contributed by atoms with van der Waals surface area (Å²) in [6.45, 7) is 2.34. The molecule has 1 fully saturated rings. The van der Waals surface area contributed by atoms with Gasteiger partial charge < -0.3 is 0 Å². The van der Waals surface area contributed by atoms with Gasteiger partial charge in [0.1, 0.15) is 0 Å². The zero-order valence-electron chi connectivity index (χ0n) is 10.6. The number of anilines is 1. The minimum absolute atomic E-state index is 0.507. The second kappa shape index (κ2) is 6.15. The van der Waals surface area contributed by atoms with E-state index in [0.717, 1.165) is 17.1 Å². The van der Waals surface area contributed by atoms with Crippen molar-refractivity contribution >= 4 is 17.5 Å². The first kappa shape index (κ1) is 14.0. The zero-order chi connectivity index (χ0) is 13.8. The Bertz CT molecular complexity index is 487. The number of carbonyl (C=O) groups is 1. The molecule has 0 atom stereocenters. The summed E-state index contributed by atoms with van der Waals surface area (Å²) in [5, 5.41) is 8.95. The van der Waals surface area contributed by atoms with Crippen LogP contribution in [0.3, 0.4) is 0 Å². The van der Waals surface area contributed by atoms with Crippen LogP contribution in [-0.4, -0.2) is 49.4 Å². The minimum atomic E-state index is -0.857. The molecule has 0 aromatic heterocycles. The molecule has 2 rings (SSSR count). The van der Waals surface area contributed by atoms with Gasteiger partial charge in [-0.05, 0) is 0 Å². The molecular weight excluding hydrogens is 330 g/mol. The van der Waals surface area contributed by atoms with Gasteiger partial charge in [0.2, 0.25) is 0 Å². The van der Waals surface area contributed by atoms with Crippen LogP contribution >= 0.6 is 0 Å². The first-order valence-electron chi connectivity index (χ1n) is 5.90. The molecule has 1 N–H and O–H groups in total. The molecule has 19 heavy (non-hydrogen) atoms. The van der Waals surface area contributed by atoms with E-state index in [9.17, 15) is 4.79 Å². The molecular formula is C12H15MoN3O3. The third-order valence-electron chi connectivity index (χ3n) is 3.16. The van der Waals surface area contributed by atoms with Gasteiger partial charge >= 0.3 is 122 Å². The molecule has 7 heteroatoms. The Labute approximate surface area is 122 Å². The molecule has 1 aromatic carbocycles. The normalized spacial score (nSPS) is 15.2. The van der Waals surface area contributed by atoms with E-state index in [1.54, 1.807) is 26.7 Å². The first-order chi connectivity index (χ1) is 9.15. The zero-order valence-corrected chi connectivity index (χ0v) is 12.6. The van der Waals surface area contributed by atoms with Crippen LogP contribution in [0, 0.1) is 0 Å². The topological polar surface area (TPSA) is 65.4 Å². The second-order valence-corrected chi connectivity index (χ2v) is 4.65. The molecule has 102 valence electrons. The number of ether oxygens (including phenoxy) is 1. The van der Waals surface area contributed by atoms with Gasteiger partial charge in [-0.2, -0.15) is 0 Å². The Kier molecular flexibility index (Phi) is 4.53. The van der Waals surface area contributed by atoms with Gasteiger partial charge in [-0.3, -0.25) is 0 Å². The molecule has 0 saturated carbocycles. The maximum absolute atomic E-state index is 10.9. The van der Waals surface area contributed by atoms with Crippen LogP contribution in [0.4, 0.5) is 16.2 Å². The van der Waals surface area contributed by atoms with E-state index in [-0.39, 0.29) is 0 Å². The maximum atomic E-state index is 10.9. The van der Waals surface area contributed by atoms with Crippen molar-refractivity contribution in [2.24, 2.45) is 3.50 Å². The Balaban J connectivity index is 2.18. The SMILES string of the molecule is COc1ccc([N]=[Mo])cc1N1CCN(C(=O)O)CC1. The summed E-state index contributed by atoms with van der Waals surface area (Å²) in [5.74, 6) is 0.789. The summed E-state index contributed by atoms with van der Waals surface area (Å²) in [6.07, 6.45) is -0.857. The molecule has 6 nitrogen and oxygen atoms in total. The number of nitrogens with zero attached hydrogens (tertiary/aromatic N) is 3. The average Bonchev–Trinajstić information content (AvgIpc) is 2.46. The van der Waals surface area contributed by atoms with Gasteiger partial charge in [-0.25, -0.2) is 0 Å². The Morgan fingerprint density at radius 2 is 2.05 bits per heavy atom. The standard InChI is InChI=1S/C12H15N3O3.Mo/c1-18-11-3-2-9(13)8-10(11)14-4-6-15(7-5-14)12(16)17;/h2-3,8H,4-7H2,1H3,(H,16,17);. The molecule has 1 saturated heterocycles. The van der Waals surface area contributed by atoms with Crippen LogP contribution in [0.15, 0.2) is 21.7 Å². The fraction of sp³-hybridized carbons (Fsp3) is 0.417. The quantitative estimate of drug-likeness (QED) is 0.850. The average molecular weight is 345 g/mol. The molecule has 0 spiro atoms. The van der Waals surface area contributed by atoms with E-state index in [1.807, 2.05) is 18.2 Å². The van der Waals surface area contributed by atoms with E-state index >= 15 is 0 Å². The van der Waals surface area contributed by atoms with E-state index in [0.29, 0.717) is 26.2 Å². The van der Waals surface area contributed by atoms with E-state index in [4.69, 9.17) is 9.84 Å². The Hall–Kier alpha value is -1.42. The molecule has 0 aliphatic carbocycles. The molecule has 0 radical (unpaired) electrons. The fourth-order valence-electron chi connectivity index (χ4n) is 2.12. The van der Waals surface area contributed by atoms with Crippen molar-refractivity contribution in [3.63, 3.8) is 0 Å². The van der Waals surface area contributed by atoms with E-state index < -0.39 is 6.09 Å². The fourth-order valence-corrected chi connectivity index (χ4v) is 2.40. The monoisotopic (exact) mass is 347 g/mol. The molecule has 1 aromatic rings. The third-order valence-corrected chi connectivity index (χ3v) is 3.68. The van der Waals surface area contributed by atoms with Gasteiger partial charge in [-0.1, -0.05) is 0 Å². The summed E-state index contributed by atoms with van der Waals surface area (Å²) in [7, 11) is 1.63. The number of carboxylic acid groups (broad SMARTS) is 1. The predicted octanol–water partition coefficient (Wildman–Crippen LogP) is 1.86. The van der Waals surface area contributed by atoms with E-state index in [2.05, 4.69) is 8.40 Å². The molecule has 1 aliphatic heterocycles. The number of hydrogen-bond acceptors (Lipinski definition) is 4. The van der Waals surface area contributed by atoms with Crippen molar-refractivity contribution in [3.8, 4) is 5.75 Å². The Morgan fingerprint density at radius 1 is 1.37 bits per heavy atom. The number of amides is 1. The summed E-state index contributed by atoms with van der Waals surface area (Å²) in [5.41, 5.74) is 1.86. The van der Waals surface area contributed by atoms with Crippen LogP contribution < -0.4 is 9.64 Å². The molecule has 0 unspecified atom stereocenters. The predicted molar refractivity (Wildman–Crippen MR) is 66.9 cm³/mol. The number of benzene rings is 1. The summed E-state index contributed by atoms with van der Waals surface area (Å²) in [6, 6.07) is 5.76. The van der Waals surface area contributed by atoms with Crippen LogP contribution in [0.2, 0.25) is 0 Å². The first-order valence-corrected chi connectivity index (χ1v) is 6.79. The van der Waals surface area contributed by atoms with Gasteiger partial charge in [0.15, 0.2) is 0 Å². The third kappa shape index (κ3) is 3.12. The molecule has 1 heterocycles. The van der Waals surface area contributed by atoms with Gasteiger partial charge in [0.25, 0.3) is 0 Å². The van der Waals surface area contributed by atoms with Crippen molar-refractivity contribution in [1.82, 2.24) is 4.90 Å². The molecule has 0 bridgehead atoms. The number of piperazine rings is 1. The van der Waals surface area contributed by atoms with Crippen molar-refractivity contribution < 1.29 is 34.3 Å². The van der Waals surface area contributed by atoms with Crippen LogP contribution in [0.1, 0.15) is 0 Å². The van der Waals surface area contributed by atoms with Gasteiger partial charge in [-0.15, -0.1) is 0 Å². The van der Waals surface area contributed by atoms with Gasteiger partial charge in [0, 0.05) is 0 Å². The van der Waals surface area contributed by atoms with E-state index in [1.165, 1.54) is 4.90 Å². The van der Waals surface area contributed by atoms with Crippen molar-refractivity contribution in [2.45, 2.75) is 0 Å². The van der Waals surface area contributed by atoms with Crippen molar-refractivity contribution in [1.29, 1.82) is 0 Å². The summed E-state index contributed by atoms with van der Waals surface area (Å²) < 4.78 is 9.53. The molecule has 1 aliphatic rings. The second-order valence-electron chi connectivity index (χ2n) is 4.20. The summed E-state index contributed by atoms with van der Waals surface area (Å²) in [4.78, 5) is 14.5. The van der Waals surface area contributed by atoms with Crippen LogP contribution in [-0.2, 0) is 19.6 Å². The number of rotatable bonds is 3. The number of hydrogen-bond donors (Lipinski definition) is 1. The van der Waals surface area contributed by atoms with Crippen LogP contribution in [0.5, 0.6) is 5.75 Å². The Morgan fingerprint density at radius 3 is 2.58 bits per heavy atom. The van der Waals surface area contributed by atoms with Crippen LogP contribution in [0.25, 0.3) is 0 Å². The van der Waals surface area contributed by atoms with Crippen molar-refractivity contribution in [2.75, 3.05) is 38.2 Å². The number of methoxy groups -OCH3 is 1. The summed E-state index contributed by atoms with van der Waals surface area (Å²) >= 11 is 1.67.